The lowest BCUT2D eigenvalue weighted by Crippen LogP contribution is -1.93. The van der Waals surface area contributed by atoms with E-state index in [-0.39, 0.29) is 12.6 Å². The first-order valence-electron chi connectivity index (χ1n) is 6.35. The number of thioether (sulfide) groups is 1. The van der Waals surface area contributed by atoms with Gasteiger partial charge >= 0.3 is 0 Å². The molecule has 0 N–H and O–H groups in total. The zero-order valence-electron chi connectivity index (χ0n) is 10.8. The van der Waals surface area contributed by atoms with Crippen molar-refractivity contribution in [3.05, 3.63) is 56.9 Å². The molecule has 0 bridgehead atoms. The number of carbonyl (C=O) groups excluding carboxylic acids is 1. The molecule has 2 aromatic rings. The summed E-state index contributed by atoms with van der Waals surface area (Å²) in [6, 6.07) is 11.4. The minimum absolute atomic E-state index is 0.0696. The lowest BCUT2D eigenvalue weighted by molar-refractivity contribution is 0.104. The highest BCUT2D eigenvalue weighted by Crippen LogP contribution is 2.43. The van der Waals surface area contributed by atoms with Gasteiger partial charge in [0.25, 0.3) is 0 Å². The molecule has 2 aromatic carbocycles. The van der Waals surface area contributed by atoms with Crippen LogP contribution < -0.4 is 9.47 Å². The van der Waals surface area contributed by atoms with E-state index in [1.165, 1.54) is 11.8 Å². The molecule has 0 fully saturated rings. The maximum Gasteiger partial charge on any atom is 0.231 e. The number of fused-ring (bicyclic) bond motifs is 2. The molecular weight excluding hydrogens is 352 g/mol. The number of ether oxygens (including phenoxy) is 2. The Morgan fingerprint density at radius 1 is 1.14 bits per heavy atom. The molecule has 0 unspecified atom stereocenters. The van der Waals surface area contributed by atoms with Crippen LogP contribution in [0.25, 0.3) is 6.08 Å². The summed E-state index contributed by atoms with van der Waals surface area (Å²) in [4.78, 5) is 14.1. The Hall–Kier alpha value is -1.72. The second kappa shape index (κ2) is 4.93. The van der Waals surface area contributed by atoms with Crippen molar-refractivity contribution >= 4 is 39.6 Å². The van der Waals surface area contributed by atoms with Gasteiger partial charge in [-0.05, 0) is 35.9 Å². The first-order chi connectivity index (χ1) is 10.2. The van der Waals surface area contributed by atoms with Crippen LogP contribution in [0.15, 0.2) is 50.7 Å². The molecule has 0 saturated heterocycles. The third-order valence-electron chi connectivity index (χ3n) is 3.35. The molecule has 0 amide bonds. The van der Waals surface area contributed by atoms with Crippen molar-refractivity contribution in [1.29, 1.82) is 0 Å². The molecule has 104 valence electrons. The highest BCUT2D eigenvalue weighted by atomic mass is 79.9. The van der Waals surface area contributed by atoms with Gasteiger partial charge in [-0.25, -0.2) is 0 Å². The summed E-state index contributed by atoms with van der Waals surface area (Å²) in [5.41, 5.74) is 1.67. The van der Waals surface area contributed by atoms with E-state index in [9.17, 15) is 4.79 Å². The molecule has 5 heteroatoms. The fraction of sp³-hybridized carbons (Fsp3) is 0.0625. The number of benzene rings is 2. The van der Waals surface area contributed by atoms with Crippen LogP contribution in [0.2, 0.25) is 0 Å². The molecule has 21 heavy (non-hydrogen) atoms. The highest BCUT2D eigenvalue weighted by molar-refractivity contribution is 9.10. The van der Waals surface area contributed by atoms with Crippen molar-refractivity contribution in [3.63, 3.8) is 0 Å². The predicted molar refractivity (Wildman–Crippen MR) is 84.9 cm³/mol. The number of rotatable bonds is 1. The zero-order chi connectivity index (χ0) is 14.4. The van der Waals surface area contributed by atoms with Gasteiger partial charge in [-0.2, -0.15) is 0 Å². The first-order valence-corrected chi connectivity index (χ1v) is 7.96. The molecule has 2 aliphatic heterocycles. The minimum Gasteiger partial charge on any atom is -0.454 e. The average molecular weight is 361 g/mol. The number of hydrogen-bond donors (Lipinski definition) is 0. The summed E-state index contributed by atoms with van der Waals surface area (Å²) in [6.45, 7) is 0.237. The van der Waals surface area contributed by atoms with Gasteiger partial charge in [0.05, 0.1) is 4.91 Å². The minimum atomic E-state index is 0.0696. The van der Waals surface area contributed by atoms with Crippen molar-refractivity contribution in [3.8, 4) is 11.5 Å². The van der Waals surface area contributed by atoms with Crippen LogP contribution in [0.1, 0.15) is 15.9 Å². The topological polar surface area (TPSA) is 35.5 Å². The number of carbonyl (C=O) groups is 1. The van der Waals surface area contributed by atoms with E-state index >= 15 is 0 Å². The van der Waals surface area contributed by atoms with Gasteiger partial charge in [-0.3, -0.25) is 4.79 Å². The van der Waals surface area contributed by atoms with Crippen molar-refractivity contribution in [2.45, 2.75) is 4.90 Å². The van der Waals surface area contributed by atoms with Crippen LogP contribution in [0, 0.1) is 0 Å². The fourth-order valence-corrected chi connectivity index (χ4v) is 3.80. The van der Waals surface area contributed by atoms with Crippen molar-refractivity contribution < 1.29 is 14.3 Å². The van der Waals surface area contributed by atoms with Crippen LogP contribution in [0.5, 0.6) is 11.5 Å². The van der Waals surface area contributed by atoms with Gasteiger partial charge in [-0.15, -0.1) is 0 Å². The predicted octanol–water partition coefficient (Wildman–Crippen LogP) is 4.51. The fourth-order valence-electron chi connectivity index (χ4n) is 2.32. The van der Waals surface area contributed by atoms with E-state index in [0.717, 1.165) is 31.1 Å². The van der Waals surface area contributed by atoms with Crippen LogP contribution in [0.3, 0.4) is 0 Å². The molecule has 0 spiro atoms. The quantitative estimate of drug-likeness (QED) is 0.701. The van der Waals surface area contributed by atoms with E-state index in [1.807, 2.05) is 42.5 Å². The smallest absolute Gasteiger partial charge is 0.231 e. The number of Topliss-reactive ketones (excluding diaryl/α,β-unsaturated/α-hetero) is 1. The van der Waals surface area contributed by atoms with Gasteiger partial charge < -0.3 is 9.47 Å². The van der Waals surface area contributed by atoms with Gasteiger partial charge in [0.15, 0.2) is 11.5 Å². The van der Waals surface area contributed by atoms with Gasteiger partial charge in [0, 0.05) is 14.9 Å². The van der Waals surface area contributed by atoms with E-state index in [1.54, 1.807) is 0 Å². The lowest BCUT2D eigenvalue weighted by Gasteiger charge is -2.03. The SMILES string of the molecule is O=C1/C(=C/c2cc3c(cc2Br)OCO3)Sc2ccccc21. The molecule has 0 atom stereocenters. The Kier molecular flexibility index (Phi) is 3.05. The number of ketones is 1. The largest absolute Gasteiger partial charge is 0.454 e. The van der Waals surface area contributed by atoms with E-state index < -0.39 is 0 Å². The maximum absolute atomic E-state index is 12.4. The number of hydrogen-bond acceptors (Lipinski definition) is 4. The first kappa shape index (κ1) is 13.0. The Balaban J connectivity index is 1.75. The molecular formula is C16H9BrO3S. The molecule has 0 saturated carbocycles. The summed E-state index contributed by atoms with van der Waals surface area (Å²) in [6.07, 6.45) is 1.89. The second-order valence-electron chi connectivity index (χ2n) is 4.66. The van der Waals surface area contributed by atoms with Crippen LogP contribution in [0.4, 0.5) is 0 Å². The van der Waals surface area contributed by atoms with E-state index in [0.29, 0.717) is 5.75 Å². The van der Waals surface area contributed by atoms with E-state index in [4.69, 9.17) is 9.47 Å². The zero-order valence-corrected chi connectivity index (χ0v) is 13.2. The Morgan fingerprint density at radius 3 is 2.71 bits per heavy atom. The number of allylic oxidation sites excluding steroid dienone is 1. The Morgan fingerprint density at radius 2 is 1.90 bits per heavy atom. The molecule has 2 heterocycles. The van der Waals surface area contributed by atoms with Crippen LogP contribution in [-0.2, 0) is 0 Å². The molecule has 3 nitrogen and oxygen atoms in total. The summed E-state index contributed by atoms with van der Waals surface area (Å²) < 4.78 is 11.6. The third-order valence-corrected chi connectivity index (χ3v) is 5.14. The summed E-state index contributed by atoms with van der Waals surface area (Å²) in [5.74, 6) is 1.50. The monoisotopic (exact) mass is 360 g/mol. The summed E-state index contributed by atoms with van der Waals surface area (Å²) in [7, 11) is 0. The summed E-state index contributed by atoms with van der Waals surface area (Å²) in [5, 5.41) is 0. The molecule has 0 aliphatic carbocycles. The molecule has 0 radical (unpaired) electrons. The summed E-state index contributed by atoms with van der Waals surface area (Å²) >= 11 is 5.01. The van der Waals surface area contributed by atoms with Gasteiger partial charge in [0.1, 0.15) is 0 Å². The van der Waals surface area contributed by atoms with Crippen molar-refractivity contribution in [2.24, 2.45) is 0 Å². The maximum atomic E-state index is 12.4. The highest BCUT2D eigenvalue weighted by Gasteiger charge is 2.26. The van der Waals surface area contributed by atoms with Gasteiger partial charge in [-0.1, -0.05) is 39.8 Å². The Labute approximate surface area is 134 Å². The van der Waals surface area contributed by atoms with Gasteiger partial charge in [0.2, 0.25) is 12.6 Å². The standard InChI is InChI=1S/C16H9BrO3S/c17-11-7-13-12(19-8-20-13)5-9(11)6-15-16(18)10-3-1-2-4-14(10)21-15/h1-7H,8H2/b15-6-. The molecule has 4 rings (SSSR count). The average Bonchev–Trinajstić information content (AvgIpc) is 3.05. The van der Waals surface area contributed by atoms with Crippen LogP contribution >= 0.6 is 27.7 Å². The second-order valence-corrected chi connectivity index (χ2v) is 6.60. The third kappa shape index (κ3) is 2.17. The normalized spacial score (nSPS) is 17.4. The van der Waals surface area contributed by atoms with Crippen molar-refractivity contribution in [1.82, 2.24) is 0 Å². The molecule has 0 aromatic heterocycles. The van der Waals surface area contributed by atoms with E-state index in [2.05, 4.69) is 15.9 Å². The van der Waals surface area contributed by atoms with Crippen LogP contribution in [-0.4, -0.2) is 12.6 Å². The molecule has 2 aliphatic rings. The Bertz CT molecular complexity index is 798. The number of halogens is 1. The lowest BCUT2D eigenvalue weighted by atomic mass is 10.1. The van der Waals surface area contributed by atoms with Crippen molar-refractivity contribution in [2.75, 3.05) is 6.79 Å².